The van der Waals surface area contributed by atoms with Crippen LogP contribution in [-0.4, -0.2) is 37.8 Å². The second-order valence-electron chi connectivity index (χ2n) is 8.04. The van der Waals surface area contributed by atoms with E-state index in [0.717, 1.165) is 16.9 Å². The summed E-state index contributed by atoms with van der Waals surface area (Å²) in [6.45, 7) is 6.92. The van der Waals surface area contributed by atoms with E-state index in [2.05, 4.69) is 5.32 Å². The first kappa shape index (κ1) is 22.3. The van der Waals surface area contributed by atoms with Gasteiger partial charge in [-0.15, -0.1) is 0 Å². The van der Waals surface area contributed by atoms with Gasteiger partial charge in [-0.25, -0.2) is 8.42 Å². The molecule has 2 aromatic rings. The maximum atomic E-state index is 12.9. The number of carbonyl (C=O) groups is 1. The van der Waals surface area contributed by atoms with Crippen molar-refractivity contribution in [1.82, 2.24) is 9.62 Å². The number of sulfonamides is 1. The number of nitrogens with one attached hydrogen (secondary N) is 1. The Labute approximate surface area is 179 Å². The van der Waals surface area contributed by atoms with Crippen LogP contribution < -0.4 is 10.1 Å². The lowest BCUT2D eigenvalue weighted by Crippen LogP contribution is -2.45. The first-order valence-corrected chi connectivity index (χ1v) is 11.8. The highest BCUT2D eigenvalue weighted by Gasteiger charge is 2.33. The zero-order valence-corrected chi connectivity index (χ0v) is 18.6. The van der Waals surface area contributed by atoms with Gasteiger partial charge in [0.15, 0.2) is 0 Å². The molecule has 30 heavy (non-hydrogen) atoms. The van der Waals surface area contributed by atoms with Crippen molar-refractivity contribution in [3.63, 3.8) is 0 Å². The highest BCUT2D eigenvalue weighted by atomic mass is 32.2. The van der Waals surface area contributed by atoms with Gasteiger partial charge in [-0.05, 0) is 63.4 Å². The van der Waals surface area contributed by atoms with Gasteiger partial charge >= 0.3 is 0 Å². The van der Waals surface area contributed by atoms with Gasteiger partial charge in [0.1, 0.15) is 5.75 Å². The number of hydrogen-bond donors (Lipinski definition) is 1. The van der Waals surface area contributed by atoms with Crippen LogP contribution >= 0.6 is 0 Å². The molecule has 3 rings (SSSR count). The minimum atomic E-state index is -3.59. The Balaban J connectivity index is 1.58. The molecular formula is C23H30N2O4S. The fourth-order valence-electron chi connectivity index (χ4n) is 3.53. The van der Waals surface area contributed by atoms with E-state index in [4.69, 9.17) is 4.74 Å². The van der Waals surface area contributed by atoms with Gasteiger partial charge in [0, 0.05) is 19.6 Å². The smallest absolute Gasteiger partial charge is 0.243 e. The maximum Gasteiger partial charge on any atom is 0.243 e. The SMILES string of the molecule is Cc1ccc(S(=O)(=O)N2CCCC(C(=O)NCc3ccc(OC(C)C)cc3)C2)cc1. The van der Waals surface area contributed by atoms with Gasteiger partial charge < -0.3 is 10.1 Å². The molecule has 162 valence electrons. The number of amides is 1. The van der Waals surface area contributed by atoms with Crippen molar-refractivity contribution >= 4 is 15.9 Å². The van der Waals surface area contributed by atoms with Crippen LogP contribution in [0.3, 0.4) is 0 Å². The summed E-state index contributed by atoms with van der Waals surface area (Å²) in [4.78, 5) is 13.0. The molecular weight excluding hydrogens is 400 g/mol. The van der Waals surface area contributed by atoms with Crippen molar-refractivity contribution in [2.24, 2.45) is 5.92 Å². The predicted octanol–water partition coefficient (Wildman–Crippen LogP) is 3.50. The molecule has 0 aromatic heterocycles. The van der Waals surface area contributed by atoms with E-state index < -0.39 is 10.0 Å². The molecule has 0 radical (unpaired) electrons. The largest absolute Gasteiger partial charge is 0.491 e. The highest BCUT2D eigenvalue weighted by molar-refractivity contribution is 7.89. The van der Waals surface area contributed by atoms with Crippen LogP contribution in [0.2, 0.25) is 0 Å². The van der Waals surface area contributed by atoms with E-state index in [9.17, 15) is 13.2 Å². The lowest BCUT2D eigenvalue weighted by atomic mass is 9.99. The van der Waals surface area contributed by atoms with Gasteiger partial charge in [0.2, 0.25) is 15.9 Å². The van der Waals surface area contributed by atoms with Crippen molar-refractivity contribution in [3.05, 3.63) is 59.7 Å². The normalized spacial score (nSPS) is 17.7. The third-order valence-electron chi connectivity index (χ3n) is 5.18. The van der Waals surface area contributed by atoms with Crippen LogP contribution in [0.5, 0.6) is 5.75 Å². The minimum Gasteiger partial charge on any atom is -0.491 e. The molecule has 1 heterocycles. The predicted molar refractivity (Wildman–Crippen MR) is 117 cm³/mol. The molecule has 0 saturated carbocycles. The standard InChI is InChI=1S/C23H30N2O4S/c1-17(2)29-21-10-8-19(9-11-21)15-24-23(26)20-5-4-14-25(16-20)30(27,28)22-12-6-18(3)7-13-22/h6-13,17,20H,4-5,14-16H2,1-3H3,(H,24,26). The number of hydrogen-bond acceptors (Lipinski definition) is 4. The van der Waals surface area contributed by atoms with Crippen LogP contribution in [0.25, 0.3) is 0 Å². The fraction of sp³-hybridized carbons (Fsp3) is 0.435. The van der Waals surface area contributed by atoms with Crippen molar-refractivity contribution in [1.29, 1.82) is 0 Å². The summed E-state index contributed by atoms with van der Waals surface area (Å²) in [6, 6.07) is 14.5. The molecule has 6 nitrogen and oxygen atoms in total. The van der Waals surface area contributed by atoms with Gasteiger partial charge in [0.05, 0.1) is 16.9 Å². The number of rotatable bonds is 7. The molecule has 1 fully saturated rings. The molecule has 0 spiro atoms. The Kier molecular flexibility index (Phi) is 7.15. The lowest BCUT2D eigenvalue weighted by molar-refractivity contribution is -0.126. The molecule has 2 aromatic carbocycles. The second kappa shape index (κ2) is 9.62. The zero-order valence-electron chi connectivity index (χ0n) is 17.8. The molecule has 1 aliphatic rings. The third kappa shape index (κ3) is 5.61. The summed E-state index contributed by atoms with van der Waals surface area (Å²) in [5.41, 5.74) is 1.98. The van der Waals surface area contributed by atoms with E-state index in [0.29, 0.717) is 25.9 Å². The Morgan fingerprint density at radius 3 is 2.43 bits per heavy atom. The molecule has 1 unspecified atom stereocenters. The average Bonchev–Trinajstić information content (AvgIpc) is 2.73. The third-order valence-corrected chi connectivity index (χ3v) is 7.05. The Hall–Kier alpha value is -2.38. The summed E-state index contributed by atoms with van der Waals surface area (Å²) >= 11 is 0. The molecule has 1 amide bonds. The molecule has 1 N–H and O–H groups in total. The van der Waals surface area contributed by atoms with Gasteiger partial charge in [-0.3, -0.25) is 4.79 Å². The van der Waals surface area contributed by atoms with Crippen LogP contribution in [0, 0.1) is 12.8 Å². The lowest BCUT2D eigenvalue weighted by Gasteiger charge is -2.31. The number of carbonyl (C=O) groups excluding carboxylic acids is 1. The Morgan fingerprint density at radius 2 is 1.80 bits per heavy atom. The second-order valence-corrected chi connectivity index (χ2v) is 9.98. The van der Waals surface area contributed by atoms with Crippen LogP contribution in [0.15, 0.2) is 53.4 Å². The summed E-state index contributed by atoms with van der Waals surface area (Å²) in [7, 11) is -3.59. The van der Waals surface area contributed by atoms with E-state index in [1.807, 2.05) is 45.0 Å². The molecule has 0 aliphatic carbocycles. The highest BCUT2D eigenvalue weighted by Crippen LogP contribution is 2.24. The van der Waals surface area contributed by atoms with E-state index >= 15 is 0 Å². The molecule has 1 atom stereocenters. The van der Waals surface area contributed by atoms with Gasteiger partial charge in [-0.2, -0.15) is 4.31 Å². The van der Waals surface area contributed by atoms with E-state index in [1.54, 1.807) is 24.3 Å². The van der Waals surface area contributed by atoms with Gasteiger partial charge in [-0.1, -0.05) is 29.8 Å². The quantitative estimate of drug-likeness (QED) is 0.730. The number of benzene rings is 2. The van der Waals surface area contributed by atoms with Crippen molar-refractivity contribution in [2.45, 2.75) is 51.2 Å². The van der Waals surface area contributed by atoms with Crippen molar-refractivity contribution < 1.29 is 17.9 Å². The maximum absolute atomic E-state index is 12.9. The minimum absolute atomic E-state index is 0.110. The fourth-order valence-corrected chi connectivity index (χ4v) is 5.05. The zero-order chi connectivity index (χ0) is 21.7. The summed E-state index contributed by atoms with van der Waals surface area (Å²) in [5.74, 6) is 0.341. The summed E-state index contributed by atoms with van der Waals surface area (Å²) in [5, 5.41) is 2.95. The topological polar surface area (TPSA) is 75.7 Å². The van der Waals surface area contributed by atoms with Crippen LogP contribution in [0.4, 0.5) is 0 Å². The first-order chi connectivity index (χ1) is 14.3. The molecule has 1 aliphatic heterocycles. The van der Waals surface area contributed by atoms with Crippen LogP contribution in [0.1, 0.15) is 37.8 Å². The summed E-state index contributed by atoms with van der Waals surface area (Å²) in [6.07, 6.45) is 1.47. The molecule has 0 bridgehead atoms. The average molecular weight is 431 g/mol. The Morgan fingerprint density at radius 1 is 1.13 bits per heavy atom. The number of piperidine rings is 1. The number of nitrogens with zero attached hydrogens (tertiary/aromatic N) is 1. The monoisotopic (exact) mass is 430 g/mol. The Bertz CT molecular complexity index is 954. The number of ether oxygens (including phenoxy) is 1. The van der Waals surface area contributed by atoms with Crippen molar-refractivity contribution in [3.8, 4) is 5.75 Å². The first-order valence-electron chi connectivity index (χ1n) is 10.4. The van der Waals surface area contributed by atoms with Crippen molar-refractivity contribution in [2.75, 3.05) is 13.1 Å². The van der Waals surface area contributed by atoms with E-state index in [1.165, 1.54) is 4.31 Å². The number of aryl methyl sites for hydroxylation is 1. The van der Waals surface area contributed by atoms with Crippen LogP contribution in [-0.2, 0) is 21.4 Å². The van der Waals surface area contributed by atoms with E-state index in [-0.39, 0.29) is 29.4 Å². The van der Waals surface area contributed by atoms with Gasteiger partial charge in [0.25, 0.3) is 0 Å². The molecule has 1 saturated heterocycles. The molecule has 7 heteroatoms. The summed E-state index contributed by atoms with van der Waals surface area (Å²) < 4.78 is 32.9.